The third-order valence-corrected chi connectivity index (χ3v) is 3.15. The number of aromatic nitrogens is 2. The smallest absolute Gasteiger partial charge is 0.251 e. The SMILES string of the molecule is O=C(NCC(=O)c1cnc2ccccn12)c1ccccc1. The number of hydrogen-bond donors (Lipinski definition) is 1. The van der Waals surface area contributed by atoms with Crippen LogP contribution in [0.4, 0.5) is 0 Å². The van der Waals surface area contributed by atoms with Gasteiger partial charge in [0.05, 0.1) is 12.7 Å². The summed E-state index contributed by atoms with van der Waals surface area (Å²) in [6.07, 6.45) is 3.29. The largest absolute Gasteiger partial charge is 0.345 e. The Morgan fingerprint density at radius 2 is 1.81 bits per heavy atom. The van der Waals surface area contributed by atoms with E-state index in [0.29, 0.717) is 16.9 Å². The van der Waals surface area contributed by atoms with Crippen molar-refractivity contribution in [2.45, 2.75) is 0 Å². The van der Waals surface area contributed by atoms with E-state index in [4.69, 9.17) is 0 Å². The minimum atomic E-state index is -0.266. The summed E-state index contributed by atoms with van der Waals surface area (Å²) < 4.78 is 1.71. The van der Waals surface area contributed by atoms with Crippen molar-refractivity contribution >= 4 is 17.3 Å². The van der Waals surface area contributed by atoms with E-state index in [9.17, 15) is 9.59 Å². The predicted molar refractivity (Wildman–Crippen MR) is 78.3 cm³/mol. The van der Waals surface area contributed by atoms with Crippen molar-refractivity contribution in [3.05, 3.63) is 72.2 Å². The first-order chi connectivity index (χ1) is 10.3. The Labute approximate surface area is 121 Å². The Kier molecular flexibility index (Phi) is 3.47. The van der Waals surface area contributed by atoms with Crippen LogP contribution < -0.4 is 5.32 Å². The molecule has 0 unspecified atom stereocenters. The highest BCUT2D eigenvalue weighted by atomic mass is 16.2. The van der Waals surface area contributed by atoms with Crippen LogP contribution in [0.15, 0.2) is 60.9 Å². The maximum absolute atomic E-state index is 12.2. The van der Waals surface area contributed by atoms with Crippen molar-refractivity contribution in [3.63, 3.8) is 0 Å². The third kappa shape index (κ3) is 2.67. The molecule has 0 saturated heterocycles. The van der Waals surface area contributed by atoms with E-state index < -0.39 is 0 Å². The van der Waals surface area contributed by atoms with Gasteiger partial charge in [-0.05, 0) is 24.3 Å². The van der Waals surface area contributed by atoms with Crippen molar-refractivity contribution in [2.24, 2.45) is 0 Å². The zero-order valence-electron chi connectivity index (χ0n) is 11.2. The van der Waals surface area contributed by atoms with Gasteiger partial charge in [0.1, 0.15) is 11.3 Å². The van der Waals surface area contributed by atoms with Crippen LogP contribution in [0.3, 0.4) is 0 Å². The van der Waals surface area contributed by atoms with Crippen molar-refractivity contribution in [2.75, 3.05) is 6.54 Å². The number of carbonyl (C=O) groups excluding carboxylic acids is 2. The summed E-state index contributed by atoms with van der Waals surface area (Å²) in [6.45, 7) is -0.0591. The zero-order chi connectivity index (χ0) is 14.7. The van der Waals surface area contributed by atoms with Crippen LogP contribution in [0.25, 0.3) is 5.65 Å². The van der Waals surface area contributed by atoms with Crippen molar-refractivity contribution in [1.29, 1.82) is 0 Å². The number of rotatable bonds is 4. The minimum Gasteiger partial charge on any atom is -0.345 e. The lowest BCUT2D eigenvalue weighted by Crippen LogP contribution is -2.30. The average molecular weight is 279 g/mol. The Morgan fingerprint density at radius 1 is 1.05 bits per heavy atom. The molecule has 3 aromatic rings. The Balaban J connectivity index is 1.71. The summed E-state index contributed by atoms with van der Waals surface area (Å²) in [5.41, 5.74) is 1.69. The van der Waals surface area contributed by atoms with E-state index in [1.54, 1.807) is 34.9 Å². The van der Waals surface area contributed by atoms with Gasteiger partial charge in [-0.1, -0.05) is 24.3 Å². The summed E-state index contributed by atoms with van der Waals surface area (Å²) in [7, 11) is 0. The molecule has 21 heavy (non-hydrogen) atoms. The molecule has 0 saturated carbocycles. The maximum Gasteiger partial charge on any atom is 0.251 e. The minimum absolute atomic E-state index is 0.0591. The number of carbonyl (C=O) groups is 2. The molecule has 2 aromatic heterocycles. The molecule has 0 radical (unpaired) electrons. The fourth-order valence-corrected chi connectivity index (χ4v) is 2.08. The van der Waals surface area contributed by atoms with E-state index in [-0.39, 0.29) is 18.2 Å². The second-order valence-electron chi connectivity index (χ2n) is 4.54. The Morgan fingerprint density at radius 3 is 2.62 bits per heavy atom. The standard InChI is InChI=1S/C16H13N3O2/c20-14(11-18-16(21)12-6-2-1-3-7-12)13-10-17-15-8-4-5-9-19(13)15/h1-10H,11H2,(H,18,21). The highest BCUT2D eigenvalue weighted by Gasteiger charge is 2.13. The molecule has 1 N–H and O–H groups in total. The van der Waals surface area contributed by atoms with Gasteiger partial charge in [0.2, 0.25) is 0 Å². The number of nitrogens with zero attached hydrogens (tertiary/aromatic N) is 2. The van der Waals surface area contributed by atoms with E-state index >= 15 is 0 Å². The molecule has 0 atom stereocenters. The van der Waals surface area contributed by atoms with Crippen LogP contribution in [0.5, 0.6) is 0 Å². The van der Waals surface area contributed by atoms with Gasteiger partial charge in [-0.15, -0.1) is 0 Å². The lowest BCUT2D eigenvalue weighted by molar-refractivity contribution is 0.0902. The molecule has 104 valence electrons. The number of imidazole rings is 1. The normalized spacial score (nSPS) is 10.5. The third-order valence-electron chi connectivity index (χ3n) is 3.15. The Bertz CT molecular complexity index is 793. The van der Waals surface area contributed by atoms with Crippen molar-refractivity contribution < 1.29 is 9.59 Å². The van der Waals surface area contributed by atoms with Gasteiger partial charge >= 0.3 is 0 Å². The van der Waals surface area contributed by atoms with Crippen LogP contribution in [0.2, 0.25) is 0 Å². The van der Waals surface area contributed by atoms with Crippen LogP contribution in [0, 0.1) is 0 Å². The molecule has 1 aromatic carbocycles. The van der Waals surface area contributed by atoms with E-state index in [2.05, 4.69) is 10.3 Å². The summed E-state index contributed by atoms with van der Waals surface area (Å²) in [5, 5.41) is 2.62. The van der Waals surface area contributed by atoms with Gasteiger partial charge in [-0.25, -0.2) is 4.98 Å². The number of amides is 1. The predicted octanol–water partition coefficient (Wildman–Crippen LogP) is 1.95. The quantitative estimate of drug-likeness (QED) is 0.742. The molecule has 1 amide bonds. The van der Waals surface area contributed by atoms with E-state index in [1.165, 1.54) is 6.20 Å². The summed E-state index contributed by atoms with van der Waals surface area (Å²) in [6, 6.07) is 14.3. The lowest BCUT2D eigenvalue weighted by atomic mass is 10.2. The fourth-order valence-electron chi connectivity index (χ4n) is 2.08. The van der Waals surface area contributed by atoms with Crippen LogP contribution in [-0.2, 0) is 0 Å². The van der Waals surface area contributed by atoms with Crippen molar-refractivity contribution in [3.8, 4) is 0 Å². The number of ketones is 1. The summed E-state index contributed by atoms with van der Waals surface area (Å²) in [4.78, 5) is 28.2. The van der Waals surface area contributed by atoms with Crippen molar-refractivity contribution in [1.82, 2.24) is 14.7 Å². The second kappa shape index (κ2) is 5.58. The average Bonchev–Trinajstić information content (AvgIpc) is 2.97. The fraction of sp³-hybridized carbons (Fsp3) is 0.0625. The number of Topliss-reactive ketones (excluding diaryl/α,β-unsaturated/α-hetero) is 1. The Hall–Kier alpha value is -2.95. The van der Waals surface area contributed by atoms with Gasteiger partial charge < -0.3 is 5.32 Å². The number of pyridine rings is 1. The van der Waals surface area contributed by atoms with Gasteiger partial charge in [-0.3, -0.25) is 14.0 Å². The van der Waals surface area contributed by atoms with Crippen LogP contribution in [-0.4, -0.2) is 27.6 Å². The highest BCUT2D eigenvalue weighted by Crippen LogP contribution is 2.06. The molecule has 0 aliphatic rings. The number of benzene rings is 1. The molecule has 3 rings (SSSR count). The lowest BCUT2D eigenvalue weighted by Gasteiger charge is -2.04. The first-order valence-electron chi connectivity index (χ1n) is 6.54. The molecule has 0 bridgehead atoms. The molecule has 2 heterocycles. The van der Waals surface area contributed by atoms with E-state index in [0.717, 1.165) is 0 Å². The highest BCUT2D eigenvalue weighted by molar-refractivity contribution is 6.01. The van der Waals surface area contributed by atoms with Gasteiger partial charge in [-0.2, -0.15) is 0 Å². The molecular formula is C16H13N3O2. The maximum atomic E-state index is 12.2. The summed E-state index contributed by atoms with van der Waals surface area (Å²) >= 11 is 0. The van der Waals surface area contributed by atoms with Gasteiger partial charge in [0, 0.05) is 11.8 Å². The van der Waals surface area contributed by atoms with Crippen LogP contribution in [0.1, 0.15) is 20.8 Å². The topological polar surface area (TPSA) is 63.5 Å². The monoisotopic (exact) mass is 279 g/mol. The van der Waals surface area contributed by atoms with Gasteiger partial charge in [0.15, 0.2) is 5.78 Å². The molecule has 5 nitrogen and oxygen atoms in total. The van der Waals surface area contributed by atoms with Crippen LogP contribution >= 0.6 is 0 Å². The second-order valence-corrected chi connectivity index (χ2v) is 4.54. The molecular weight excluding hydrogens is 266 g/mol. The number of fused-ring (bicyclic) bond motifs is 1. The molecule has 5 heteroatoms. The molecule has 0 spiro atoms. The molecule has 0 aliphatic heterocycles. The van der Waals surface area contributed by atoms with Gasteiger partial charge in [0.25, 0.3) is 5.91 Å². The van der Waals surface area contributed by atoms with E-state index in [1.807, 2.05) is 24.3 Å². The molecule has 0 aliphatic carbocycles. The number of nitrogens with one attached hydrogen (secondary N) is 1. The number of hydrogen-bond acceptors (Lipinski definition) is 3. The first kappa shape index (κ1) is 13.1. The molecule has 0 fully saturated rings. The zero-order valence-corrected chi connectivity index (χ0v) is 11.2. The first-order valence-corrected chi connectivity index (χ1v) is 6.54. The summed E-state index contributed by atoms with van der Waals surface area (Å²) in [5.74, 6) is -0.448.